The minimum atomic E-state index is -0.239. The van der Waals surface area contributed by atoms with Crippen LogP contribution in [-0.2, 0) is 14.4 Å². The maximum absolute atomic E-state index is 12.7. The van der Waals surface area contributed by atoms with Crippen molar-refractivity contribution in [1.82, 2.24) is 14.7 Å². The summed E-state index contributed by atoms with van der Waals surface area (Å²) < 4.78 is 5.17. The monoisotopic (exact) mass is 413 g/mol. The van der Waals surface area contributed by atoms with Gasteiger partial charge in [-0.05, 0) is 31.0 Å². The lowest BCUT2D eigenvalue weighted by molar-refractivity contribution is -0.147. The van der Waals surface area contributed by atoms with Crippen LogP contribution in [0.2, 0.25) is 0 Å². The second kappa shape index (κ2) is 8.45. The van der Waals surface area contributed by atoms with Crippen molar-refractivity contribution < 1.29 is 23.9 Å². The Morgan fingerprint density at radius 2 is 1.57 bits per heavy atom. The summed E-state index contributed by atoms with van der Waals surface area (Å²) in [7, 11) is 1.55. The van der Waals surface area contributed by atoms with E-state index in [9.17, 15) is 19.2 Å². The SMILES string of the molecule is COc1cccc(C(=O)N2CCN(C(=O)CN3C(=O)C4CCCCC4C3=O)CC2)c1. The van der Waals surface area contributed by atoms with Crippen LogP contribution in [0.25, 0.3) is 0 Å². The average Bonchev–Trinajstić information content (AvgIpc) is 3.03. The lowest BCUT2D eigenvalue weighted by Gasteiger charge is -2.35. The van der Waals surface area contributed by atoms with Crippen molar-refractivity contribution in [3.63, 3.8) is 0 Å². The number of methoxy groups -OCH3 is 1. The molecule has 0 bridgehead atoms. The lowest BCUT2D eigenvalue weighted by atomic mass is 9.81. The minimum Gasteiger partial charge on any atom is -0.497 e. The second-order valence-electron chi connectivity index (χ2n) is 8.17. The molecule has 4 amide bonds. The van der Waals surface area contributed by atoms with E-state index in [4.69, 9.17) is 4.74 Å². The van der Waals surface area contributed by atoms with E-state index in [1.807, 2.05) is 0 Å². The summed E-state index contributed by atoms with van der Waals surface area (Å²) in [5.74, 6) is -0.573. The second-order valence-corrected chi connectivity index (χ2v) is 8.17. The first-order valence-corrected chi connectivity index (χ1v) is 10.6. The van der Waals surface area contributed by atoms with Crippen LogP contribution in [-0.4, -0.2) is 78.2 Å². The number of benzene rings is 1. The normalized spacial score (nSPS) is 24.1. The first-order valence-electron chi connectivity index (χ1n) is 10.6. The molecule has 0 aromatic heterocycles. The number of fused-ring (bicyclic) bond motifs is 1. The van der Waals surface area contributed by atoms with E-state index in [0.717, 1.165) is 30.6 Å². The Balaban J connectivity index is 1.33. The highest BCUT2D eigenvalue weighted by molar-refractivity contribution is 6.07. The van der Waals surface area contributed by atoms with Gasteiger partial charge in [0.2, 0.25) is 17.7 Å². The fourth-order valence-electron chi connectivity index (χ4n) is 4.72. The maximum Gasteiger partial charge on any atom is 0.254 e. The molecule has 1 aromatic carbocycles. The zero-order valence-electron chi connectivity index (χ0n) is 17.2. The summed E-state index contributed by atoms with van der Waals surface area (Å²) in [6, 6.07) is 6.99. The van der Waals surface area contributed by atoms with Crippen LogP contribution in [0.4, 0.5) is 0 Å². The molecule has 4 rings (SSSR count). The Morgan fingerprint density at radius 1 is 0.967 bits per heavy atom. The van der Waals surface area contributed by atoms with Crippen molar-refractivity contribution in [3.05, 3.63) is 29.8 Å². The first-order chi connectivity index (χ1) is 14.5. The predicted octanol–water partition coefficient (Wildman–Crippen LogP) is 1.15. The highest BCUT2D eigenvalue weighted by Crippen LogP contribution is 2.37. The number of hydrogen-bond donors (Lipinski definition) is 0. The number of rotatable bonds is 4. The Kier molecular flexibility index (Phi) is 5.74. The van der Waals surface area contributed by atoms with Gasteiger partial charge in [0.25, 0.3) is 5.91 Å². The smallest absolute Gasteiger partial charge is 0.254 e. The highest BCUT2D eigenvalue weighted by Gasteiger charge is 2.48. The number of ether oxygens (including phenoxy) is 1. The molecular weight excluding hydrogens is 386 g/mol. The third-order valence-corrected chi connectivity index (χ3v) is 6.46. The summed E-state index contributed by atoms with van der Waals surface area (Å²) in [5.41, 5.74) is 0.546. The summed E-state index contributed by atoms with van der Waals surface area (Å²) >= 11 is 0. The van der Waals surface area contributed by atoms with Crippen molar-refractivity contribution >= 4 is 23.6 Å². The Hall–Kier alpha value is -2.90. The summed E-state index contributed by atoms with van der Waals surface area (Å²) in [6.07, 6.45) is 3.41. The Labute approximate surface area is 175 Å². The van der Waals surface area contributed by atoms with Crippen molar-refractivity contribution in [2.45, 2.75) is 25.7 Å². The van der Waals surface area contributed by atoms with E-state index in [1.165, 1.54) is 0 Å². The average molecular weight is 413 g/mol. The third-order valence-electron chi connectivity index (χ3n) is 6.46. The van der Waals surface area contributed by atoms with E-state index in [2.05, 4.69) is 0 Å². The van der Waals surface area contributed by atoms with Crippen molar-refractivity contribution in [1.29, 1.82) is 0 Å². The van der Waals surface area contributed by atoms with Crippen LogP contribution >= 0.6 is 0 Å². The summed E-state index contributed by atoms with van der Waals surface area (Å²) in [6.45, 7) is 1.41. The number of piperazine rings is 1. The first kappa shape index (κ1) is 20.4. The molecule has 1 saturated carbocycles. The number of amides is 4. The molecule has 2 saturated heterocycles. The van der Waals surface area contributed by atoms with Crippen LogP contribution in [0.3, 0.4) is 0 Å². The molecule has 2 aliphatic heterocycles. The van der Waals surface area contributed by atoms with Crippen LogP contribution in [0.5, 0.6) is 5.75 Å². The van der Waals surface area contributed by atoms with Crippen LogP contribution in [0, 0.1) is 11.8 Å². The largest absolute Gasteiger partial charge is 0.497 e. The number of carbonyl (C=O) groups excluding carboxylic acids is 4. The van der Waals surface area contributed by atoms with Gasteiger partial charge < -0.3 is 14.5 Å². The number of likely N-dealkylation sites (tertiary alicyclic amines) is 1. The van der Waals surface area contributed by atoms with Crippen molar-refractivity contribution in [2.75, 3.05) is 39.8 Å². The highest BCUT2D eigenvalue weighted by atomic mass is 16.5. The van der Waals surface area contributed by atoms with Gasteiger partial charge in [0, 0.05) is 31.7 Å². The standard InChI is InChI=1S/C22H27N3O5/c1-30-16-6-4-5-15(13-16)20(27)24-11-9-23(10-12-24)19(26)14-25-21(28)17-7-2-3-8-18(17)22(25)29/h4-6,13,17-18H,2-3,7-12,14H2,1H3. The van der Waals surface area contributed by atoms with Gasteiger partial charge in [-0.15, -0.1) is 0 Å². The topological polar surface area (TPSA) is 87.2 Å². The van der Waals surface area contributed by atoms with Crippen LogP contribution in [0.15, 0.2) is 24.3 Å². The fraction of sp³-hybridized carbons (Fsp3) is 0.545. The molecule has 2 atom stereocenters. The van der Waals surface area contributed by atoms with Gasteiger partial charge in [0.15, 0.2) is 0 Å². The Bertz CT molecular complexity index is 838. The molecule has 1 aromatic rings. The van der Waals surface area contributed by atoms with Crippen LogP contribution < -0.4 is 4.74 Å². The maximum atomic E-state index is 12.7. The molecule has 160 valence electrons. The number of nitrogens with zero attached hydrogens (tertiary/aromatic N) is 3. The van der Waals surface area contributed by atoms with E-state index < -0.39 is 0 Å². The van der Waals surface area contributed by atoms with Crippen LogP contribution in [0.1, 0.15) is 36.0 Å². The molecule has 0 radical (unpaired) electrons. The number of imide groups is 1. The molecule has 3 aliphatic rings. The lowest BCUT2D eigenvalue weighted by Crippen LogP contribution is -2.53. The molecule has 8 heteroatoms. The molecule has 3 fully saturated rings. The van der Waals surface area contributed by atoms with Gasteiger partial charge in [-0.1, -0.05) is 18.9 Å². The van der Waals surface area contributed by atoms with Crippen molar-refractivity contribution in [2.24, 2.45) is 11.8 Å². The zero-order valence-corrected chi connectivity index (χ0v) is 17.2. The van der Waals surface area contributed by atoms with E-state index in [-0.39, 0.29) is 42.0 Å². The van der Waals surface area contributed by atoms with Gasteiger partial charge in [0.1, 0.15) is 12.3 Å². The zero-order chi connectivity index (χ0) is 21.3. The molecule has 2 unspecified atom stereocenters. The van der Waals surface area contributed by atoms with E-state index >= 15 is 0 Å². The Morgan fingerprint density at radius 3 is 2.17 bits per heavy atom. The molecule has 1 aliphatic carbocycles. The van der Waals surface area contributed by atoms with Gasteiger partial charge in [-0.2, -0.15) is 0 Å². The number of hydrogen-bond acceptors (Lipinski definition) is 5. The fourth-order valence-corrected chi connectivity index (χ4v) is 4.72. The third kappa shape index (κ3) is 3.78. The predicted molar refractivity (Wildman–Crippen MR) is 108 cm³/mol. The number of carbonyl (C=O) groups is 4. The molecule has 30 heavy (non-hydrogen) atoms. The minimum absolute atomic E-state index is 0.102. The van der Waals surface area contributed by atoms with E-state index in [1.54, 1.807) is 41.2 Å². The van der Waals surface area contributed by atoms with Gasteiger partial charge in [-0.3, -0.25) is 24.1 Å². The molecule has 8 nitrogen and oxygen atoms in total. The van der Waals surface area contributed by atoms with E-state index in [0.29, 0.717) is 37.5 Å². The molecule has 0 N–H and O–H groups in total. The van der Waals surface area contributed by atoms with Crippen molar-refractivity contribution in [3.8, 4) is 5.75 Å². The van der Waals surface area contributed by atoms with Gasteiger partial charge >= 0.3 is 0 Å². The molecule has 2 heterocycles. The van der Waals surface area contributed by atoms with Gasteiger partial charge in [-0.25, -0.2) is 0 Å². The molecule has 0 spiro atoms. The van der Waals surface area contributed by atoms with Gasteiger partial charge in [0.05, 0.1) is 18.9 Å². The summed E-state index contributed by atoms with van der Waals surface area (Å²) in [4.78, 5) is 55.2. The quantitative estimate of drug-likeness (QED) is 0.692. The molecular formula is C22H27N3O5. The summed E-state index contributed by atoms with van der Waals surface area (Å²) in [5, 5.41) is 0.